The van der Waals surface area contributed by atoms with E-state index in [1.165, 1.54) is 17.1 Å². The lowest BCUT2D eigenvalue weighted by Crippen LogP contribution is -2.26. The molecule has 8 nitrogen and oxygen atoms in total. The first-order valence-corrected chi connectivity index (χ1v) is 6.35. The predicted molar refractivity (Wildman–Crippen MR) is 73.6 cm³/mol. The third kappa shape index (κ3) is 3.47. The van der Waals surface area contributed by atoms with E-state index in [2.05, 4.69) is 10.2 Å². The lowest BCUT2D eigenvalue weighted by atomic mass is 10.2. The molecule has 21 heavy (non-hydrogen) atoms. The van der Waals surface area contributed by atoms with Crippen LogP contribution >= 0.6 is 0 Å². The Morgan fingerprint density at radius 2 is 2.10 bits per heavy atom. The fraction of sp³-hybridized carbons (Fsp3) is 0.385. The van der Waals surface area contributed by atoms with Gasteiger partial charge in [0.25, 0.3) is 5.91 Å². The van der Waals surface area contributed by atoms with Gasteiger partial charge in [-0.1, -0.05) is 0 Å². The van der Waals surface area contributed by atoms with Crippen molar-refractivity contribution in [3.05, 3.63) is 35.4 Å². The maximum Gasteiger partial charge on any atom is 0.325 e. The number of aryl methyl sites for hydroxylation is 2. The highest BCUT2D eigenvalue weighted by atomic mass is 16.4. The highest BCUT2D eigenvalue weighted by Gasteiger charge is 2.16. The summed E-state index contributed by atoms with van der Waals surface area (Å²) in [6.07, 6.45) is 4.67. The van der Waals surface area contributed by atoms with E-state index in [1.54, 1.807) is 16.6 Å². The molecule has 0 fully saturated rings. The first kappa shape index (κ1) is 14.8. The van der Waals surface area contributed by atoms with E-state index >= 15 is 0 Å². The Morgan fingerprint density at radius 1 is 1.38 bits per heavy atom. The Morgan fingerprint density at radius 3 is 2.67 bits per heavy atom. The molecule has 0 aliphatic carbocycles. The summed E-state index contributed by atoms with van der Waals surface area (Å²) >= 11 is 0. The van der Waals surface area contributed by atoms with E-state index in [0.717, 1.165) is 11.3 Å². The van der Waals surface area contributed by atoms with Gasteiger partial charge in [0.15, 0.2) is 0 Å². The molecule has 0 saturated heterocycles. The number of hydrogen-bond acceptors (Lipinski definition) is 4. The van der Waals surface area contributed by atoms with Crippen molar-refractivity contribution in [1.29, 1.82) is 0 Å². The van der Waals surface area contributed by atoms with Crippen LogP contribution in [0.2, 0.25) is 0 Å². The Bertz CT molecular complexity index is 673. The number of carboxylic acid groups (broad SMARTS) is 1. The van der Waals surface area contributed by atoms with E-state index in [1.807, 2.05) is 20.2 Å². The molecule has 2 heterocycles. The smallest absolute Gasteiger partial charge is 0.325 e. The molecule has 1 amide bonds. The molecule has 0 unspecified atom stereocenters. The van der Waals surface area contributed by atoms with Crippen LogP contribution in [0.1, 0.15) is 21.6 Å². The van der Waals surface area contributed by atoms with Crippen molar-refractivity contribution in [2.75, 3.05) is 7.05 Å². The van der Waals surface area contributed by atoms with Crippen LogP contribution in [-0.4, -0.2) is 48.5 Å². The van der Waals surface area contributed by atoms with Gasteiger partial charge in [0.05, 0.1) is 17.5 Å². The molecule has 0 radical (unpaired) electrons. The maximum atomic E-state index is 12.3. The summed E-state index contributed by atoms with van der Waals surface area (Å²) < 4.78 is 2.92. The number of carboxylic acids is 1. The van der Waals surface area contributed by atoms with Crippen LogP contribution in [0.4, 0.5) is 0 Å². The number of nitrogens with zero attached hydrogens (tertiary/aromatic N) is 5. The van der Waals surface area contributed by atoms with E-state index < -0.39 is 5.97 Å². The van der Waals surface area contributed by atoms with E-state index in [-0.39, 0.29) is 12.5 Å². The second-order valence-corrected chi connectivity index (χ2v) is 4.89. The summed E-state index contributed by atoms with van der Waals surface area (Å²) in [6.45, 7) is 2.06. The lowest BCUT2D eigenvalue weighted by Gasteiger charge is -2.15. The van der Waals surface area contributed by atoms with Gasteiger partial charge in [-0.15, -0.1) is 0 Å². The van der Waals surface area contributed by atoms with Crippen molar-refractivity contribution < 1.29 is 14.7 Å². The first-order valence-electron chi connectivity index (χ1n) is 6.35. The molecule has 112 valence electrons. The largest absolute Gasteiger partial charge is 0.480 e. The van der Waals surface area contributed by atoms with E-state index in [9.17, 15) is 9.59 Å². The van der Waals surface area contributed by atoms with Crippen molar-refractivity contribution >= 4 is 11.9 Å². The number of carbonyl (C=O) groups is 2. The van der Waals surface area contributed by atoms with Gasteiger partial charge in [-0.25, -0.2) is 0 Å². The summed E-state index contributed by atoms with van der Waals surface area (Å²) in [4.78, 5) is 24.4. The third-order valence-electron chi connectivity index (χ3n) is 3.05. The zero-order valence-corrected chi connectivity index (χ0v) is 12.1. The molecular formula is C13H17N5O3. The SMILES string of the molecule is Cc1nn(C)cc1CN(C)C(=O)c1cnn(CC(=O)O)c1. The van der Waals surface area contributed by atoms with Crippen molar-refractivity contribution in [3.63, 3.8) is 0 Å². The Kier molecular flexibility index (Phi) is 4.06. The normalized spacial score (nSPS) is 10.6. The zero-order valence-electron chi connectivity index (χ0n) is 12.1. The summed E-state index contributed by atoms with van der Waals surface area (Å²) in [5.41, 5.74) is 2.20. The van der Waals surface area contributed by atoms with Crippen LogP contribution in [0.25, 0.3) is 0 Å². The molecule has 2 aromatic rings. The number of amides is 1. The number of carbonyl (C=O) groups excluding carboxylic acids is 1. The molecule has 0 bridgehead atoms. The van der Waals surface area contributed by atoms with Gasteiger partial charge >= 0.3 is 5.97 Å². The van der Waals surface area contributed by atoms with Crippen LogP contribution in [-0.2, 0) is 24.9 Å². The fourth-order valence-electron chi connectivity index (χ4n) is 2.05. The summed E-state index contributed by atoms with van der Waals surface area (Å²) in [7, 11) is 3.51. The van der Waals surface area contributed by atoms with Crippen LogP contribution in [0.5, 0.6) is 0 Å². The van der Waals surface area contributed by atoms with Gasteiger partial charge in [-0.2, -0.15) is 10.2 Å². The quantitative estimate of drug-likeness (QED) is 0.854. The summed E-state index contributed by atoms with van der Waals surface area (Å²) in [5, 5.41) is 16.8. The van der Waals surface area contributed by atoms with E-state index in [0.29, 0.717) is 12.1 Å². The molecule has 2 rings (SSSR count). The first-order chi connectivity index (χ1) is 9.86. The molecule has 8 heteroatoms. The number of aliphatic carboxylic acids is 1. The highest BCUT2D eigenvalue weighted by Crippen LogP contribution is 2.10. The van der Waals surface area contributed by atoms with Crippen molar-refractivity contribution in [3.8, 4) is 0 Å². The molecule has 2 aromatic heterocycles. The molecule has 0 aliphatic rings. The Labute approximate surface area is 121 Å². The molecule has 0 saturated carbocycles. The van der Waals surface area contributed by atoms with Crippen LogP contribution in [0.3, 0.4) is 0 Å². The lowest BCUT2D eigenvalue weighted by molar-refractivity contribution is -0.137. The summed E-state index contributed by atoms with van der Waals surface area (Å²) in [5.74, 6) is -1.22. The highest BCUT2D eigenvalue weighted by molar-refractivity contribution is 5.93. The average molecular weight is 291 g/mol. The van der Waals surface area contributed by atoms with Gasteiger partial charge in [-0.3, -0.25) is 19.0 Å². The fourth-order valence-corrected chi connectivity index (χ4v) is 2.05. The zero-order chi connectivity index (χ0) is 15.6. The monoisotopic (exact) mass is 291 g/mol. The second-order valence-electron chi connectivity index (χ2n) is 4.89. The van der Waals surface area contributed by atoms with Crippen LogP contribution in [0.15, 0.2) is 18.6 Å². The predicted octanol–water partition coefficient (Wildman–Crippen LogP) is 0.282. The molecular weight excluding hydrogens is 274 g/mol. The average Bonchev–Trinajstić information content (AvgIpc) is 2.95. The van der Waals surface area contributed by atoms with Gasteiger partial charge in [0, 0.05) is 38.6 Å². The minimum atomic E-state index is -1.00. The van der Waals surface area contributed by atoms with Gasteiger partial charge in [0.2, 0.25) is 0 Å². The van der Waals surface area contributed by atoms with Crippen molar-refractivity contribution in [1.82, 2.24) is 24.5 Å². The standard InChI is InChI=1S/C13H17N5O3/c1-9-11(6-17(3)15-9)5-16(2)13(21)10-4-14-18(7-10)8-12(19)20/h4,6-7H,5,8H2,1-3H3,(H,19,20). The van der Waals surface area contributed by atoms with Crippen LogP contribution < -0.4 is 0 Å². The Balaban J connectivity index is 2.06. The number of aromatic nitrogens is 4. The van der Waals surface area contributed by atoms with Gasteiger partial charge in [-0.05, 0) is 6.92 Å². The summed E-state index contributed by atoms with van der Waals surface area (Å²) in [6, 6.07) is 0. The molecule has 1 N–H and O–H groups in total. The minimum absolute atomic E-state index is 0.213. The maximum absolute atomic E-state index is 12.3. The Hall–Kier alpha value is -2.64. The van der Waals surface area contributed by atoms with Gasteiger partial charge in [0.1, 0.15) is 6.54 Å². The molecule has 0 spiro atoms. The van der Waals surface area contributed by atoms with Gasteiger partial charge < -0.3 is 10.0 Å². The number of hydrogen-bond donors (Lipinski definition) is 1. The molecule has 0 aromatic carbocycles. The minimum Gasteiger partial charge on any atom is -0.480 e. The third-order valence-corrected chi connectivity index (χ3v) is 3.05. The van der Waals surface area contributed by atoms with Crippen molar-refractivity contribution in [2.24, 2.45) is 7.05 Å². The topological polar surface area (TPSA) is 93.3 Å². The second kappa shape index (κ2) is 5.78. The van der Waals surface area contributed by atoms with Crippen molar-refractivity contribution in [2.45, 2.75) is 20.0 Å². The van der Waals surface area contributed by atoms with E-state index in [4.69, 9.17) is 5.11 Å². The van der Waals surface area contributed by atoms with Crippen LogP contribution in [0, 0.1) is 6.92 Å². The molecule has 0 aliphatic heterocycles. The number of rotatable bonds is 5. The molecule has 0 atom stereocenters.